The van der Waals surface area contributed by atoms with Crippen molar-refractivity contribution in [3.8, 4) is 0 Å². The Kier molecular flexibility index (Phi) is 4.20. The van der Waals surface area contributed by atoms with E-state index in [9.17, 15) is 5.11 Å². The van der Waals surface area contributed by atoms with Crippen molar-refractivity contribution >= 4 is 15.9 Å². The molecule has 1 N–H and O–H groups in total. The zero-order valence-corrected chi connectivity index (χ0v) is 12.2. The minimum atomic E-state index is -0.446. The van der Waals surface area contributed by atoms with Gasteiger partial charge in [-0.3, -0.25) is 0 Å². The van der Waals surface area contributed by atoms with E-state index in [1.165, 1.54) is 11.1 Å². The van der Waals surface area contributed by atoms with E-state index in [1.807, 2.05) is 37.3 Å². The van der Waals surface area contributed by atoms with Gasteiger partial charge in [0, 0.05) is 10.9 Å². The Morgan fingerprint density at radius 1 is 1.06 bits per heavy atom. The van der Waals surface area contributed by atoms with Crippen LogP contribution < -0.4 is 0 Å². The number of rotatable bonds is 3. The molecule has 0 heterocycles. The number of halogens is 1. The van der Waals surface area contributed by atoms with Crippen LogP contribution in [0.1, 0.15) is 28.4 Å². The quantitative estimate of drug-likeness (QED) is 0.894. The average Bonchev–Trinajstić information content (AvgIpc) is 2.35. The topological polar surface area (TPSA) is 20.2 Å². The molecule has 0 saturated carbocycles. The van der Waals surface area contributed by atoms with Crippen molar-refractivity contribution in [3.05, 3.63) is 69.2 Å². The van der Waals surface area contributed by atoms with Gasteiger partial charge in [0.1, 0.15) is 0 Å². The van der Waals surface area contributed by atoms with E-state index < -0.39 is 6.10 Å². The Morgan fingerprint density at radius 2 is 1.78 bits per heavy atom. The first-order valence-electron chi connectivity index (χ1n) is 6.06. The van der Waals surface area contributed by atoms with Crippen LogP contribution in [-0.4, -0.2) is 5.11 Å². The van der Waals surface area contributed by atoms with Gasteiger partial charge < -0.3 is 5.11 Å². The molecule has 1 unspecified atom stereocenters. The molecule has 1 atom stereocenters. The SMILES string of the molecule is Cc1cc(C(O)Cc2ccccc2C)ccc1Br. The second-order valence-corrected chi connectivity index (χ2v) is 5.51. The molecule has 0 spiro atoms. The highest BCUT2D eigenvalue weighted by Crippen LogP contribution is 2.24. The summed E-state index contributed by atoms with van der Waals surface area (Å²) in [4.78, 5) is 0. The summed E-state index contributed by atoms with van der Waals surface area (Å²) in [5.74, 6) is 0. The van der Waals surface area contributed by atoms with E-state index in [2.05, 4.69) is 35.0 Å². The van der Waals surface area contributed by atoms with E-state index >= 15 is 0 Å². The van der Waals surface area contributed by atoms with Gasteiger partial charge in [-0.1, -0.05) is 52.3 Å². The predicted molar refractivity (Wildman–Crippen MR) is 78.7 cm³/mol. The molecule has 0 amide bonds. The second kappa shape index (κ2) is 5.68. The molecular formula is C16H17BrO. The third-order valence-corrected chi connectivity index (χ3v) is 4.13. The highest BCUT2D eigenvalue weighted by atomic mass is 79.9. The third kappa shape index (κ3) is 3.01. The fraction of sp³-hybridized carbons (Fsp3) is 0.250. The molecule has 0 saturated heterocycles. The van der Waals surface area contributed by atoms with Crippen LogP contribution in [0.2, 0.25) is 0 Å². The summed E-state index contributed by atoms with van der Waals surface area (Å²) in [6, 6.07) is 14.2. The Labute approximate surface area is 117 Å². The van der Waals surface area contributed by atoms with Crippen LogP contribution in [-0.2, 0) is 6.42 Å². The van der Waals surface area contributed by atoms with E-state index in [1.54, 1.807) is 0 Å². The first kappa shape index (κ1) is 13.3. The molecule has 0 aromatic heterocycles. The van der Waals surface area contributed by atoms with Gasteiger partial charge in [0.25, 0.3) is 0 Å². The largest absolute Gasteiger partial charge is 0.388 e. The van der Waals surface area contributed by atoms with Crippen LogP contribution in [0.5, 0.6) is 0 Å². The van der Waals surface area contributed by atoms with Crippen molar-refractivity contribution in [1.82, 2.24) is 0 Å². The van der Waals surface area contributed by atoms with Crippen LogP contribution in [0.25, 0.3) is 0 Å². The summed E-state index contributed by atoms with van der Waals surface area (Å²) in [6.07, 6.45) is 0.214. The van der Waals surface area contributed by atoms with Crippen molar-refractivity contribution in [2.45, 2.75) is 26.4 Å². The Balaban J connectivity index is 2.19. The van der Waals surface area contributed by atoms with Crippen LogP contribution in [0, 0.1) is 13.8 Å². The number of hydrogen-bond acceptors (Lipinski definition) is 1. The van der Waals surface area contributed by atoms with E-state index in [0.717, 1.165) is 15.6 Å². The maximum atomic E-state index is 10.3. The van der Waals surface area contributed by atoms with Gasteiger partial charge in [-0.15, -0.1) is 0 Å². The normalized spacial score (nSPS) is 12.4. The van der Waals surface area contributed by atoms with Gasteiger partial charge in [-0.25, -0.2) is 0 Å². The highest BCUT2D eigenvalue weighted by molar-refractivity contribution is 9.10. The summed E-state index contributed by atoms with van der Waals surface area (Å²) < 4.78 is 1.08. The number of benzene rings is 2. The van der Waals surface area contributed by atoms with Gasteiger partial charge in [-0.2, -0.15) is 0 Å². The molecule has 94 valence electrons. The summed E-state index contributed by atoms with van der Waals surface area (Å²) >= 11 is 3.48. The fourth-order valence-corrected chi connectivity index (χ4v) is 2.29. The molecule has 1 nitrogen and oxygen atoms in total. The van der Waals surface area contributed by atoms with Crippen molar-refractivity contribution in [2.75, 3.05) is 0 Å². The van der Waals surface area contributed by atoms with Crippen LogP contribution in [0.4, 0.5) is 0 Å². The van der Waals surface area contributed by atoms with Crippen molar-refractivity contribution in [1.29, 1.82) is 0 Å². The highest BCUT2D eigenvalue weighted by Gasteiger charge is 2.10. The van der Waals surface area contributed by atoms with Crippen molar-refractivity contribution in [2.24, 2.45) is 0 Å². The van der Waals surface area contributed by atoms with Crippen LogP contribution >= 0.6 is 15.9 Å². The van der Waals surface area contributed by atoms with Crippen LogP contribution in [0.15, 0.2) is 46.9 Å². The van der Waals surface area contributed by atoms with Crippen molar-refractivity contribution < 1.29 is 5.11 Å². The van der Waals surface area contributed by atoms with E-state index in [4.69, 9.17) is 0 Å². The number of hydrogen-bond donors (Lipinski definition) is 1. The molecule has 0 bridgehead atoms. The van der Waals surface area contributed by atoms with E-state index in [-0.39, 0.29) is 0 Å². The smallest absolute Gasteiger partial charge is 0.0830 e. The Hall–Kier alpha value is -1.12. The molecule has 2 aromatic rings. The molecule has 0 radical (unpaired) electrons. The molecule has 18 heavy (non-hydrogen) atoms. The zero-order chi connectivity index (χ0) is 13.1. The lowest BCUT2D eigenvalue weighted by Gasteiger charge is -2.14. The molecule has 0 aliphatic heterocycles. The lowest BCUT2D eigenvalue weighted by Crippen LogP contribution is -2.03. The molecule has 0 fully saturated rings. The number of aliphatic hydroxyl groups excluding tert-OH is 1. The lowest BCUT2D eigenvalue weighted by atomic mass is 9.97. The van der Waals surface area contributed by atoms with E-state index in [0.29, 0.717) is 6.42 Å². The first-order chi connectivity index (χ1) is 8.58. The summed E-state index contributed by atoms with van der Waals surface area (Å²) in [5.41, 5.74) is 4.55. The van der Waals surface area contributed by atoms with Gasteiger partial charge in [0.15, 0.2) is 0 Å². The molecule has 2 heteroatoms. The minimum absolute atomic E-state index is 0.446. The molecular weight excluding hydrogens is 288 g/mol. The maximum Gasteiger partial charge on any atom is 0.0830 e. The van der Waals surface area contributed by atoms with Gasteiger partial charge >= 0.3 is 0 Å². The average molecular weight is 305 g/mol. The first-order valence-corrected chi connectivity index (χ1v) is 6.86. The third-order valence-electron chi connectivity index (χ3n) is 3.24. The Morgan fingerprint density at radius 3 is 2.44 bits per heavy atom. The molecule has 0 aliphatic carbocycles. The lowest BCUT2D eigenvalue weighted by molar-refractivity contribution is 0.178. The monoisotopic (exact) mass is 304 g/mol. The predicted octanol–water partition coefficient (Wildman–Crippen LogP) is 4.34. The van der Waals surface area contributed by atoms with Gasteiger partial charge in [0.2, 0.25) is 0 Å². The van der Waals surface area contributed by atoms with Crippen LogP contribution in [0.3, 0.4) is 0 Å². The van der Waals surface area contributed by atoms with Gasteiger partial charge in [0.05, 0.1) is 6.10 Å². The second-order valence-electron chi connectivity index (χ2n) is 4.66. The molecule has 2 aromatic carbocycles. The zero-order valence-electron chi connectivity index (χ0n) is 10.7. The number of aliphatic hydroxyl groups is 1. The summed E-state index contributed by atoms with van der Waals surface area (Å²) in [7, 11) is 0. The van der Waals surface area contributed by atoms with Gasteiger partial charge in [-0.05, 0) is 42.2 Å². The molecule has 2 rings (SSSR count). The van der Waals surface area contributed by atoms with Crippen molar-refractivity contribution in [3.63, 3.8) is 0 Å². The number of aryl methyl sites for hydroxylation is 2. The fourth-order valence-electron chi connectivity index (χ4n) is 2.04. The standard InChI is InChI=1S/C16H17BrO/c1-11-5-3-4-6-13(11)10-16(18)14-7-8-15(17)12(2)9-14/h3-9,16,18H,10H2,1-2H3. The molecule has 0 aliphatic rings. The minimum Gasteiger partial charge on any atom is -0.388 e. The summed E-state index contributed by atoms with van der Waals surface area (Å²) in [5, 5.41) is 10.3. The maximum absolute atomic E-state index is 10.3. The summed E-state index contributed by atoms with van der Waals surface area (Å²) in [6.45, 7) is 4.11. The Bertz CT molecular complexity index is 549.